The number of hydrogen-bond donors (Lipinski definition) is 0. The third kappa shape index (κ3) is 7.66. The van der Waals surface area contributed by atoms with Crippen molar-refractivity contribution in [2.24, 2.45) is 5.92 Å². The average Bonchev–Trinajstić information content (AvgIpc) is 2.74. The second-order valence-corrected chi connectivity index (χ2v) is 8.57. The molecule has 0 atom stereocenters. The fraction of sp³-hybridized carbons (Fsp3) is 0.538. The molecule has 0 N–H and O–H groups in total. The van der Waals surface area contributed by atoms with Crippen LogP contribution in [0.25, 0.3) is 0 Å². The number of hydrogen-bond acceptors (Lipinski definition) is 4. The zero-order valence-corrected chi connectivity index (χ0v) is 18.7. The smallest absolute Gasteiger partial charge is 0.165 e. The normalized spacial score (nSPS) is 18.9. The van der Waals surface area contributed by atoms with Crippen LogP contribution >= 0.6 is 0 Å². The summed E-state index contributed by atoms with van der Waals surface area (Å²) < 4.78 is 12.0. The quantitative estimate of drug-likeness (QED) is 0.238. The minimum absolute atomic E-state index is 0.395. The van der Waals surface area contributed by atoms with Crippen molar-refractivity contribution in [3.63, 3.8) is 0 Å². The van der Waals surface area contributed by atoms with Crippen molar-refractivity contribution in [1.29, 1.82) is 0 Å². The van der Waals surface area contributed by atoms with Crippen LogP contribution < -0.4 is 9.62 Å². The minimum Gasteiger partial charge on any atom is -0.493 e. The molecule has 0 spiro atoms. The summed E-state index contributed by atoms with van der Waals surface area (Å²) in [6.07, 6.45) is 7.62. The maximum Gasteiger partial charge on any atom is 0.165 e. The molecule has 0 aliphatic heterocycles. The first-order valence-electron chi connectivity index (χ1n) is 11.3. The van der Waals surface area contributed by atoms with E-state index in [1.807, 2.05) is 43.3 Å². The molecule has 164 valence electrons. The van der Waals surface area contributed by atoms with Gasteiger partial charge in [0.2, 0.25) is 0 Å². The summed E-state index contributed by atoms with van der Waals surface area (Å²) in [5.41, 5.74) is 3.36. The topological polar surface area (TPSA) is 36.9 Å². The molecule has 3 rings (SSSR count). The Morgan fingerprint density at radius 1 is 0.867 bits per heavy atom. The van der Waals surface area contributed by atoms with Gasteiger partial charge in [0.15, 0.2) is 5.75 Å². The van der Waals surface area contributed by atoms with Crippen LogP contribution in [-0.4, -0.2) is 19.3 Å². The van der Waals surface area contributed by atoms with E-state index in [1.165, 1.54) is 31.2 Å². The van der Waals surface area contributed by atoms with E-state index in [0.717, 1.165) is 48.8 Å². The van der Waals surface area contributed by atoms with Crippen molar-refractivity contribution in [2.45, 2.75) is 72.0 Å². The van der Waals surface area contributed by atoms with E-state index < -0.39 is 0 Å². The lowest BCUT2D eigenvalue weighted by molar-refractivity contribution is -0.217. The summed E-state index contributed by atoms with van der Waals surface area (Å²) >= 11 is 0. The summed E-state index contributed by atoms with van der Waals surface area (Å²) in [5, 5.41) is 0. The zero-order chi connectivity index (χ0) is 21.2. The highest BCUT2D eigenvalue weighted by molar-refractivity contribution is 5.36. The molecule has 1 saturated carbocycles. The van der Waals surface area contributed by atoms with Crippen LogP contribution in [0.3, 0.4) is 0 Å². The Morgan fingerprint density at radius 2 is 1.60 bits per heavy atom. The summed E-state index contributed by atoms with van der Waals surface area (Å²) in [7, 11) is 0. The van der Waals surface area contributed by atoms with Crippen molar-refractivity contribution in [2.75, 3.05) is 13.2 Å². The molecular weight excluding hydrogens is 376 g/mol. The number of aryl methyl sites for hydroxylation is 2. The predicted molar refractivity (Wildman–Crippen MR) is 120 cm³/mol. The number of unbranched alkanes of at least 4 members (excludes halogenated alkanes) is 1. The van der Waals surface area contributed by atoms with Crippen molar-refractivity contribution in [3.8, 4) is 11.5 Å². The Hall–Kier alpha value is -2.04. The number of benzene rings is 2. The Labute approximate surface area is 181 Å². The molecule has 1 aliphatic carbocycles. The second-order valence-electron chi connectivity index (χ2n) is 8.57. The van der Waals surface area contributed by atoms with Crippen molar-refractivity contribution in [3.05, 3.63) is 59.2 Å². The summed E-state index contributed by atoms with van der Waals surface area (Å²) in [4.78, 5) is 10.7. The van der Waals surface area contributed by atoms with E-state index in [9.17, 15) is 0 Å². The van der Waals surface area contributed by atoms with E-state index >= 15 is 0 Å². The minimum atomic E-state index is 0.395. The Morgan fingerprint density at radius 3 is 2.33 bits per heavy atom. The first kappa shape index (κ1) is 22.6. The molecule has 0 aromatic heterocycles. The van der Waals surface area contributed by atoms with Crippen LogP contribution in [0.2, 0.25) is 0 Å². The number of ether oxygens (including phenoxy) is 2. The highest BCUT2D eigenvalue weighted by Crippen LogP contribution is 2.25. The molecular formula is C26H36O4. The van der Waals surface area contributed by atoms with Crippen molar-refractivity contribution in [1.82, 2.24) is 0 Å². The van der Waals surface area contributed by atoms with Gasteiger partial charge in [0.25, 0.3) is 0 Å². The lowest BCUT2D eigenvalue weighted by Gasteiger charge is -2.26. The molecule has 0 saturated heterocycles. The molecule has 0 bridgehead atoms. The molecule has 1 aliphatic rings. The lowest BCUT2D eigenvalue weighted by Crippen LogP contribution is -2.21. The third-order valence-electron chi connectivity index (χ3n) is 5.75. The zero-order valence-electron chi connectivity index (χ0n) is 18.7. The van der Waals surface area contributed by atoms with Crippen LogP contribution in [0.4, 0.5) is 0 Å². The molecule has 0 heterocycles. The first-order valence-corrected chi connectivity index (χ1v) is 11.3. The van der Waals surface area contributed by atoms with Gasteiger partial charge in [-0.2, -0.15) is 4.89 Å². The van der Waals surface area contributed by atoms with Gasteiger partial charge in [-0.05, 0) is 93.7 Å². The van der Waals surface area contributed by atoms with Gasteiger partial charge in [-0.1, -0.05) is 30.7 Å². The van der Waals surface area contributed by atoms with Crippen molar-refractivity contribution < 1.29 is 19.2 Å². The van der Waals surface area contributed by atoms with E-state index in [-0.39, 0.29) is 0 Å². The largest absolute Gasteiger partial charge is 0.493 e. The predicted octanol–water partition coefficient (Wildman–Crippen LogP) is 6.57. The molecule has 0 radical (unpaired) electrons. The standard InChI is InChI=1S/C26H36O4/c1-20-6-11-24(12-7-20)27-16-4-5-17-28-26-15-10-23(18-22(26)3)19-29-30-25-13-8-21(2)9-14-25/h8-10,13-15,18,20,24H,4-7,11-12,16-17,19H2,1-3H3. The van der Waals surface area contributed by atoms with Crippen LogP contribution in [0, 0.1) is 19.8 Å². The molecule has 2 aromatic rings. The van der Waals surface area contributed by atoms with Gasteiger partial charge < -0.3 is 14.4 Å². The van der Waals surface area contributed by atoms with E-state index in [0.29, 0.717) is 18.5 Å². The van der Waals surface area contributed by atoms with Gasteiger partial charge in [0, 0.05) is 6.61 Å². The van der Waals surface area contributed by atoms with Crippen LogP contribution in [-0.2, 0) is 16.2 Å². The Balaban J connectivity index is 1.29. The van der Waals surface area contributed by atoms with Crippen LogP contribution in [0.5, 0.6) is 11.5 Å². The van der Waals surface area contributed by atoms with Gasteiger partial charge in [-0.15, -0.1) is 0 Å². The third-order valence-corrected chi connectivity index (χ3v) is 5.75. The molecule has 1 fully saturated rings. The summed E-state index contributed by atoms with van der Waals surface area (Å²) in [6, 6.07) is 13.9. The molecule has 0 unspecified atom stereocenters. The van der Waals surface area contributed by atoms with Gasteiger partial charge in [-0.25, -0.2) is 0 Å². The van der Waals surface area contributed by atoms with Crippen LogP contribution in [0.1, 0.15) is 62.1 Å². The fourth-order valence-electron chi connectivity index (χ4n) is 3.76. The van der Waals surface area contributed by atoms with Gasteiger partial charge >= 0.3 is 0 Å². The highest BCUT2D eigenvalue weighted by atomic mass is 17.2. The fourth-order valence-corrected chi connectivity index (χ4v) is 3.76. The molecule has 4 nitrogen and oxygen atoms in total. The summed E-state index contributed by atoms with van der Waals surface area (Å²) in [5.74, 6) is 2.51. The van der Waals surface area contributed by atoms with Gasteiger partial charge in [0.05, 0.1) is 12.7 Å². The second kappa shape index (κ2) is 12.0. The first-order chi connectivity index (χ1) is 14.6. The van der Waals surface area contributed by atoms with Crippen LogP contribution in [0.15, 0.2) is 42.5 Å². The average molecular weight is 413 g/mol. The Bertz CT molecular complexity index is 748. The summed E-state index contributed by atoms with van der Waals surface area (Å²) in [6.45, 7) is 8.41. The number of rotatable bonds is 11. The van der Waals surface area contributed by atoms with E-state index in [4.69, 9.17) is 19.2 Å². The molecule has 30 heavy (non-hydrogen) atoms. The monoisotopic (exact) mass is 412 g/mol. The maximum atomic E-state index is 6.02. The highest BCUT2D eigenvalue weighted by Gasteiger charge is 2.18. The molecule has 4 heteroatoms. The van der Waals surface area contributed by atoms with E-state index in [1.54, 1.807) is 0 Å². The maximum absolute atomic E-state index is 6.02. The molecule has 0 amide bonds. The van der Waals surface area contributed by atoms with Crippen molar-refractivity contribution >= 4 is 0 Å². The SMILES string of the molecule is Cc1ccc(OOCc2ccc(OCCCCOC3CCC(C)CC3)c(C)c2)cc1. The van der Waals surface area contributed by atoms with Gasteiger partial charge in [0.1, 0.15) is 12.4 Å². The van der Waals surface area contributed by atoms with E-state index in [2.05, 4.69) is 19.9 Å². The molecule has 2 aromatic carbocycles. The lowest BCUT2D eigenvalue weighted by atomic mass is 9.89. The van der Waals surface area contributed by atoms with Gasteiger partial charge in [-0.3, -0.25) is 0 Å². The Kier molecular flexibility index (Phi) is 9.03.